The van der Waals surface area contributed by atoms with Crippen molar-refractivity contribution in [3.63, 3.8) is 0 Å². The van der Waals surface area contributed by atoms with Gasteiger partial charge in [0.15, 0.2) is 5.75 Å². The van der Waals surface area contributed by atoms with Gasteiger partial charge in [-0.3, -0.25) is 4.72 Å². The molecule has 1 atom stereocenters. The zero-order valence-electron chi connectivity index (χ0n) is 20.9. The minimum absolute atomic E-state index is 0.00245. The molecule has 0 aliphatic carbocycles. The van der Waals surface area contributed by atoms with Crippen molar-refractivity contribution < 1.29 is 31.1 Å². The first-order valence-corrected chi connectivity index (χ1v) is 14.2. The molecule has 0 radical (unpaired) electrons. The number of esters is 1. The monoisotopic (exact) mass is 562 g/mol. The first-order valence-electron chi connectivity index (χ1n) is 11.7. The molecular formula is C22H29F3N6O4S2. The van der Waals surface area contributed by atoms with Crippen molar-refractivity contribution in [1.82, 2.24) is 10.2 Å². The lowest BCUT2D eigenvalue weighted by atomic mass is 9.92. The van der Waals surface area contributed by atoms with Crippen LogP contribution in [-0.4, -0.2) is 55.7 Å². The maximum atomic E-state index is 12.9. The molecule has 2 heterocycles. The molecule has 1 N–H and O–H groups in total. The Balaban J connectivity index is 2.04. The Labute approximate surface area is 217 Å². The average Bonchev–Trinajstić information content (AvgIpc) is 3.25. The second-order valence-electron chi connectivity index (χ2n) is 8.93. The maximum absolute atomic E-state index is 12.9. The Kier molecular flexibility index (Phi) is 9.10. The van der Waals surface area contributed by atoms with E-state index < -0.39 is 27.9 Å². The van der Waals surface area contributed by atoms with Gasteiger partial charge in [0.05, 0.1) is 12.3 Å². The number of alkyl halides is 3. The van der Waals surface area contributed by atoms with Crippen molar-refractivity contribution in [3.05, 3.63) is 22.7 Å². The molecule has 0 fully saturated rings. The van der Waals surface area contributed by atoms with E-state index in [9.17, 15) is 26.4 Å². The Morgan fingerprint density at radius 2 is 2.00 bits per heavy atom. The molecule has 10 nitrogen and oxygen atoms in total. The van der Waals surface area contributed by atoms with Gasteiger partial charge in [-0.2, -0.15) is 13.2 Å². The number of azo groups is 1. The number of nitrogens with zero attached hydrogens (tertiary/aromatic N) is 5. The third-order valence-corrected chi connectivity index (χ3v) is 7.48. The Bertz CT molecular complexity index is 1250. The number of anilines is 2. The van der Waals surface area contributed by atoms with Crippen molar-refractivity contribution in [2.24, 2.45) is 16.1 Å². The van der Waals surface area contributed by atoms with E-state index in [2.05, 4.69) is 46.1 Å². The minimum Gasteiger partial charge on any atom is -0.461 e. The molecule has 0 spiro atoms. The van der Waals surface area contributed by atoms with E-state index >= 15 is 0 Å². The van der Waals surface area contributed by atoms with E-state index in [1.54, 1.807) is 13.0 Å². The van der Waals surface area contributed by atoms with Crippen LogP contribution >= 0.6 is 11.3 Å². The zero-order valence-corrected chi connectivity index (χ0v) is 22.5. The van der Waals surface area contributed by atoms with Crippen molar-refractivity contribution >= 4 is 49.5 Å². The summed E-state index contributed by atoms with van der Waals surface area (Å²) < 4.78 is 70.3. The van der Waals surface area contributed by atoms with E-state index in [0.29, 0.717) is 18.9 Å². The van der Waals surface area contributed by atoms with Gasteiger partial charge in [-0.15, -0.1) is 20.4 Å². The number of fused-ring (bicyclic) bond motifs is 1. The molecule has 1 aliphatic rings. The highest BCUT2D eigenvalue weighted by atomic mass is 32.2. The molecule has 204 valence electrons. The van der Waals surface area contributed by atoms with Crippen LogP contribution in [0.15, 0.2) is 22.4 Å². The van der Waals surface area contributed by atoms with Crippen LogP contribution in [0.4, 0.5) is 35.4 Å². The summed E-state index contributed by atoms with van der Waals surface area (Å²) in [6.45, 7) is 8.67. The lowest BCUT2D eigenvalue weighted by molar-refractivity contribution is -0.106. The summed E-state index contributed by atoms with van der Waals surface area (Å²) in [6, 6.07) is 3.35. The van der Waals surface area contributed by atoms with Gasteiger partial charge >= 0.3 is 12.1 Å². The normalized spacial score (nSPS) is 16.3. The van der Waals surface area contributed by atoms with Crippen LogP contribution in [0.2, 0.25) is 0 Å². The van der Waals surface area contributed by atoms with Gasteiger partial charge < -0.3 is 9.64 Å². The molecule has 1 aromatic heterocycles. The largest absolute Gasteiger partial charge is 0.461 e. The average molecular weight is 563 g/mol. The zero-order chi connectivity index (χ0) is 27.4. The van der Waals surface area contributed by atoms with Crippen LogP contribution in [0.1, 0.15) is 55.9 Å². The first-order chi connectivity index (χ1) is 17.3. The number of nitrogens with one attached hydrogen (secondary N) is 1. The fraction of sp³-hybridized carbons (Fsp3) is 0.591. The highest BCUT2D eigenvalue weighted by Gasteiger charge is 2.36. The van der Waals surface area contributed by atoms with Crippen LogP contribution in [0.25, 0.3) is 0 Å². The SMILES string of the molecule is CCOC(=O)c1nnc(N=Nc2cc3c(cc2NS(=O)(=O)CC(F)(F)F)N(CC(C)C)C(CC)CC3)s1. The van der Waals surface area contributed by atoms with Crippen LogP contribution in [0, 0.1) is 5.92 Å². The number of carbonyl (C=O) groups excluding carboxylic acids is 1. The summed E-state index contributed by atoms with van der Waals surface area (Å²) in [5.74, 6) is -2.41. The summed E-state index contributed by atoms with van der Waals surface area (Å²) in [6.07, 6.45) is -2.50. The number of sulfonamides is 1. The third-order valence-electron chi connectivity index (χ3n) is 5.45. The molecule has 1 aliphatic heterocycles. The van der Waals surface area contributed by atoms with Crippen molar-refractivity contribution in [2.45, 2.75) is 59.2 Å². The van der Waals surface area contributed by atoms with Crippen molar-refractivity contribution in [2.75, 3.05) is 28.5 Å². The number of hydrogen-bond acceptors (Lipinski definition) is 10. The van der Waals surface area contributed by atoms with Crippen LogP contribution in [0.3, 0.4) is 0 Å². The second kappa shape index (κ2) is 11.7. The topological polar surface area (TPSA) is 126 Å². The van der Waals surface area contributed by atoms with Gasteiger partial charge in [0, 0.05) is 18.3 Å². The molecule has 37 heavy (non-hydrogen) atoms. The lowest BCUT2D eigenvalue weighted by Crippen LogP contribution is -2.41. The first kappa shape index (κ1) is 28.8. The predicted octanol–water partition coefficient (Wildman–Crippen LogP) is 5.62. The predicted molar refractivity (Wildman–Crippen MR) is 135 cm³/mol. The number of halogens is 3. The number of carbonyl (C=O) groups is 1. The molecule has 0 bridgehead atoms. The molecule has 15 heteroatoms. The van der Waals surface area contributed by atoms with Crippen LogP contribution in [-0.2, 0) is 21.2 Å². The van der Waals surface area contributed by atoms with E-state index in [4.69, 9.17) is 4.74 Å². The fourth-order valence-electron chi connectivity index (χ4n) is 4.04. The van der Waals surface area contributed by atoms with E-state index in [1.165, 1.54) is 6.07 Å². The second-order valence-corrected chi connectivity index (χ2v) is 11.6. The summed E-state index contributed by atoms with van der Waals surface area (Å²) >= 11 is 0.813. The highest BCUT2D eigenvalue weighted by molar-refractivity contribution is 7.92. The molecule has 0 amide bonds. The quantitative estimate of drug-likeness (QED) is 0.294. The lowest BCUT2D eigenvalue weighted by Gasteiger charge is -2.40. The van der Waals surface area contributed by atoms with Crippen LogP contribution in [0.5, 0.6) is 0 Å². The number of aryl methyl sites for hydroxylation is 1. The molecule has 0 saturated carbocycles. The summed E-state index contributed by atoms with van der Waals surface area (Å²) in [5.41, 5.74) is 1.52. The van der Waals surface area contributed by atoms with Gasteiger partial charge in [-0.05, 0) is 49.8 Å². The number of aromatic nitrogens is 2. The number of hydrogen-bond donors (Lipinski definition) is 1. The van der Waals surface area contributed by atoms with Crippen molar-refractivity contribution in [1.29, 1.82) is 0 Å². The Morgan fingerprint density at radius 1 is 1.27 bits per heavy atom. The highest BCUT2D eigenvalue weighted by Crippen LogP contribution is 2.41. The minimum atomic E-state index is -4.92. The maximum Gasteiger partial charge on any atom is 0.404 e. The summed E-state index contributed by atoms with van der Waals surface area (Å²) in [5, 5.41) is 15.4. The number of ether oxygens (including phenoxy) is 1. The van der Waals surface area contributed by atoms with Gasteiger partial charge in [0.2, 0.25) is 15.0 Å². The molecule has 0 saturated heterocycles. The Hall–Kier alpha value is -2.81. The van der Waals surface area contributed by atoms with Crippen LogP contribution < -0.4 is 9.62 Å². The number of benzene rings is 1. The Morgan fingerprint density at radius 3 is 2.62 bits per heavy atom. The molecule has 1 aromatic carbocycles. The fourth-order valence-corrected chi connectivity index (χ4v) is 5.60. The van der Waals surface area contributed by atoms with Crippen molar-refractivity contribution in [3.8, 4) is 0 Å². The standard InChI is InChI=1S/C22H29F3N6O4S2/c1-5-15-8-7-14-9-16(26-28-21-29-27-19(36-21)20(32)35-6-2)17(10-18(14)31(15)11-13(3)4)30-37(33,34)12-22(23,24)25/h9-10,13,15,30H,5-8,11-12H2,1-4H3. The van der Waals surface area contributed by atoms with Gasteiger partial charge in [0.1, 0.15) is 5.69 Å². The van der Waals surface area contributed by atoms with Gasteiger partial charge in [0.25, 0.3) is 5.13 Å². The molecular weight excluding hydrogens is 533 g/mol. The smallest absolute Gasteiger partial charge is 0.404 e. The summed E-state index contributed by atoms with van der Waals surface area (Å²) in [7, 11) is -4.78. The molecule has 1 unspecified atom stereocenters. The number of rotatable bonds is 10. The van der Waals surface area contributed by atoms with Gasteiger partial charge in [-0.25, -0.2) is 13.2 Å². The summed E-state index contributed by atoms with van der Waals surface area (Å²) in [4.78, 5) is 14.0. The van der Waals surface area contributed by atoms with E-state index in [-0.39, 0.29) is 34.2 Å². The van der Waals surface area contributed by atoms with Gasteiger partial charge in [-0.1, -0.05) is 32.1 Å². The van der Waals surface area contributed by atoms with E-state index in [1.807, 2.05) is 4.72 Å². The molecule has 2 aromatic rings. The van der Waals surface area contributed by atoms with E-state index in [0.717, 1.165) is 35.4 Å². The third kappa shape index (κ3) is 7.84. The molecule has 3 rings (SSSR count).